The summed E-state index contributed by atoms with van der Waals surface area (Å²) >= 11 is 0. The normalized spacial score (nSPS) is 24.2. The SMILES string of the molecule is Cn1ccnc1C(=O)N1CCOCC2(C1)CN(c1ccc(F)cc1)C(=O)C(F)(F)O2. The van der Waals surface area contributed by atoms with Crippen molar-refractivity contribution in [3.8, 4) is 0 Å². The molecule has 0 N–H and O–H groups in total. The fourth-order valence-corrected chi connectivity index (χ4v) is 3.64. The molecule has 2 aromatic rings. The van der Waals surface area contributed by atoms with Crippen LogP contribution in [0.5, 0.6) is 0 Å². The van der Waals surface area contributed by atoms with Gasteiger partial charge in [-0.1, -0.05) is 0 Å². The van der Waals surface area contributed by atoms with Crippen molar-refractivity contribution in [1.82, 2.24) is 14.5 Å². The Balaban J connectivity index is 1.66. The van der Waals surface area contributed by atoms with Crippen molar-refractivity contribution in [3.05, 3.63) is 48.3 Å². The van der Waals surface area contributed by atoms with Gasteiger partial charge >= 0.3 is 12.0 Å². The summed E-state index contributed by atoms with van der Waals surface area (Å²) < 4.78 is 54.4. The highest BCUT2D eigenvalue weighted by molar-refractivity contribution is 5.98. The minimum Gasteiger partial charge on any atom is -0.376 e. The number of aryl methyl sites for hydroxylation is 1. The molecule has 1 spiro atoms. The number of amides is 2. The molecule has 8 nitrogen and oxygen atoms in total. The van der Waals surface area contributed by atoms with Gasteiger partial charge in [-0.3, -0.25) is 14.3 Å². The molecule has 0 aliphatic carbocycles. The predicted octanol–water partition coefficient (Wildman–Crippen LogP) is 1.43. The van der Waals surface area contributed by atoms with Crippen LogP contribution in [-0.2, 0) is 21.3 Å². The number of halogens is 3. The van der Waals surface area contributed by atoms with Crippen molar-refractivity contribution in [2.75, 3.05) is 37.7 Å². The first-order valence-electron chi connectivity index (χ1n) is 9.21. The number of carbonyl (C=O) groups is 2. The first-order chi connectivity index (χ1) is 14.2. The lowest BCUT2D eigenvalue weighted by atomic mass is 10.00. The maximum atomic E-state index is 14.6. The van der Waals surface area contributed by atoms with Crippen LogP contribution in [0.15, 0.2) is 36.7 Å². The lowest BCUT2D eigenvalue weighted by Gasteiger charge is -2.45. The minimum atomic E-state index is -4.14. The van der Waals surface area contributed by atoms with Crippen molar-refractivity contribution in [1.29, 1.82) is 0 Å². The first-order valence-corrected chi connectivity index (χ1v) is 9.21. The summed E-state index contributed by atoms with van der Waals surface area (Å²) in [6.07, 6.45) is -1.09. The monoisotopic (exact) mass is 424 g/mol. The number of ether oxygens (including phenoxy) is 2. The molecule has 4 rings (SSSR count). The van der Waals surface area contributed by atoms with Crippen molar-refractivity contribution < 1.29 is 32.2 Å². The van der Waals surface area contributed by atoms with Gasteiger partial charge in [0, 0.05) is 31.7 Å². The lowest BCUT2D eigenvalue weighted by molar-refractivity contribution is -0.293. The summed E-state index contributed by atoms with van der Waals surface area (Å²) in [6.45, 7) is -0.529. The topological polar surface area (TPSA) is 76.9 Å². The third kappa shape index (κ3) is 3.65. The smallest absolute Gasteiger partial charge is 0.376 e. The van der Waals surface area contributed by atoms with Crippen LogP contribution in [0, 0.1) is 5.82 Å². The van der Waals surface area contributed by atoms with Gasteiger partial charge in [-0.2, -0.15) is 8.78 Å². The maximum Gasteiger partial charge on any atom is 0.437 e. The molecule has 1 unspecified atom stereocenters. The zero-order valence-electron chi connectivity index (χ0n) is 16.1. The van der Waals surface area contributed by atoms with Crippen LogP contribution < -0.4 is 4.90 Å². The van der Waals surface area contributed by atoms with E-state index in [9.17, 15) is 22.8 Å². The molecule has 3 heterocycles. The van der Waals surface area contributed by atoms with Gasteiger partial charge in [0.2, 0.25) is 0 Å². The minimum absolute atomic E-state index is 0.0926. The van der Waals surface area contributed by atoms with Crippen LogP contribution in [0.25, 0.3) is 0 Å². The van der Waals surface area contributed by atoms with E-state index in [4.69, 9.17) is 9.47 Å². The van der Waals surface area contributed by atoms with Crippen molar-refractivity contribution in [2.24, 2.45) is 7.05 Å². The number of alkyl halides is 2. The molecule has 2 aliphatic heterocycles. The molecule has 11 heteroatoms. The number of nitrogens with zero attached hydrogens (tertiary/aromatic N) is 4. The molecule has 2 amide bonds. The Morgan fingerprint density at radius 1 is 1.20 bits per heavy atom. The largest absolute Gasteiger partial charge is 0.437 e. The van der Waals surface area contributed by atoms with Gasteiger partial charge in [-0.15, -0.1) is 0 Å². The Morgan fingerprint density at radius 3 is 2.60 bits per heavy atom. The predicted molar refractivity (Wildman–Crippen MR) is 97.4 cm³/mol. The van der Waals surface area contributed by atoms with Gasteiger partial charge < -0.3 is 19.1 Å². The lowest BCUT2D eigenvalue weighted by Crippen LogP contribution is -2.66. The van der Waals surface area contributed by atoms with Crippen molar-refractivity contribution >= 4 is 17.5 Å². The molecule has 1 aromatic carbocycles. The number of carbonyl (C=O) groups excluding carboxylic acids is 2. The van der Waals surface area contributed by atoms with E-state index in [-0.39, 0.29) is 44.4 Å². The molecular weight excluding hydrogens is 405 g/mol. The zero-order chi connectivity index (χ0) is 21.5. The molecule has 30 heavy (non-hydrogen) atoms. The van der Waals surface area contributed by atoms with Crippen molar-refractivity contribution in [2.45, 2.75) is 11.7 Å². The number of anilines is 1. The van der Waals surface area contributed by atoms with E-state index in [0.717, 1.165) is 17.0 Å². The summed E-state index contributed by atoms with van der Waals surface area (Å²) in [6, 6.07) is 4.61. The van der Waals surface area contributed by atoms with Crippen molar-refractivity contribution in [3.63, 3.8) is 0 Å². The number of hydrogen-bond acceptors (Lipinski definition) is 5. The van der Waals surface area contributed by atoms with E-state index in [0.29, 0.717) is 0 Å². The van der Waals surface area contributed by atoms with Crippen LogP contribution in [0.1, 0.15) is 10.6 Å². The summed E-state index contributed by atoms with van der Waals surface area (Å²) in [5.41, 5.74) is -1.58. The van der Waals surface area contributed by atoms with Crippen LogP contribution >= 0.6 is 0 Å². The van der Waals surface area contributed by atoms with Crippen LogP contribution in [-0.4, -0.2) is 70.8 Å². The van der Waals surface area contributed by atoms with Crippen LogP contribution in [0.2, 0.25) is 0 Å². The van der Waals surface area contributed by atoms with Gasteiger partial charge in [-0.25, -0.2) is 9.37 Å². The third-order valence-electron chi connectivity index (χ3n) is 5.07. The fourth-order valence-electron chi connectivity index (χ4n) is 3.64. The number of imidazole rings is 1. The first kappa shape index (κ1) is 20.4. The van der Waals surface area contributed by atoms with Gasteiger partial charge in [0.1, 0.15) is 11.4 Å². The molecule has 2 saturated heterocycles. The summed E-state index contributed by atoms with van der Waals surface area (Å²) in [5, 5.41) is 0. The molecule has 0 radical (unpaired) electrons. The number of rotatable bonds is 2. The second kappa shape index (κ2) is 7.40. The van der Waals surface area contributed by atoms with E-state index >= 15 is 0 Å². The standard InChI is InChI=1S/C19H19F3N4O4/c1-24-7-6-23-15(24)16(27)25-8-9-29-12-18(10-25)11-26(17(28)19(21,22)30-18)14-4-2-13(20)3-5-14/h2-7H,8-12H2,1H3. The molecule has 2 aliphatic rings. The Labute approximate surface area is 169 Å². The highest BCUT2D eigenvalue weighted by Gasteiger charge is 2.58. The Kier molecular flexibility index (Phi) is 5.02. The molecule has 0 saturated carbocycles. The Hall–Kier alpha value is -2.92. The second-order valence-corrected chi connectivity index (χ2v) is 7.31. The van der Waals surface area contributed by atoms with E-state index in [1.165, 1.54) is 27.8 Å². The van der Waals surface area contributed by atoms with Gasteiger partial charge in [0.05, 0.1) is 26.3 Å². The summed E-state index contributed by atoms with van der Waals surface area (Å²) in [7, 11) is 1.64. The van der Waals surface area contributed by atoms with E-state index in [2.05, 4.69) is 4.98 Å². The highest BCUT2D eigenvalue weighted by atomic mass is 19.3. The summed E-state index contributed by atoms with van der Waals surface area (Å²) in [4.78, 5) is 31.4. The Morgan fingerprint density at radius 2 is 1.93 bits per heavy atom. The second-order valence-electron chi connectivity index (χ2n) is 7.31. The number of aromatic nitrogens is 2. The average molecular weight is 424 g/mol. The maximum absolute atomic E-state index is 14.6. The quantitative estimate of drug-likeness (QED) is 0.729. The molecule has 1 atom stereocenters. The number of morpholine rings is 1. The molecule has 1 aromatic heterocycles. The summed E-state index contributed by atoms with van der Waals surface area (Å²) in [5.74, 6) is -2.46. The molecule has 0 bridgehead atoms. The van der Waals surface area contributed by atoms with E-state index in [1.54, 1.807) is 13.2 Å². The van der Waals surface area contributed by atoms with Gasteiger partial charge in [0.25, 0.3) is 5.91 Å². The number of benzene rings is 1. The van der Waals surface area contributed by atoms with Crippen LogP contribution in [0.4, 0.5) is 18.9 Å². The highest BCUT2D eigenvalue weighted by Crippen LogP contribution is 2.37. The molecular formula is C19H19F3N4O4. The van der Waals surface area contributed by atoms with Crippen LogP contribution in [0.3, 0.4) is 0 Å². The van der Waals surface area contributed by atoms with E-state index in [1.807, 2.05) is 0 Å². The van der Waals surface area contributed by atoms with Gasteiger partial charge in [0.15, 0.2) is 5.82 Å². The third-order valence-corrected chi connectivity index (χ3v) is 5.07. The number of hydrogen-bond donors (Lipinski definition) is 0. The van der Waals surface area contributed by atoms with Gasteiger partial charge in [-0.05, 0) is 24.3 Å². The zero-order valence-corrected chi connectivity index (χ0v) is 16.1. The molecule has 160 valence electrons. The Bertz CT molecular complexity index is 965. The van der Waals surface area contributed by atoms with E-state index < -0.39 is 29.3 Å². The average Bonchev–Trinajstić information content (AvgIpc) is 3.02. The fraction of sp³-hybridized carbons (Fsp3) is 0.421. The molecule has 2 fully saturated rings.